The minimum absolute atomic E-state index is 0.0820. The van der Waals surface area contributed by atoms with Gasteiger partial charge < -0.3 is 19.5 Å². The standard InChI is InChI=1S/C32H30N2O7/c1-2-39-31(37)24-18-19-25-27(33-26(35)20-40-23-16-10-5-11-17-23)30(36)34(25)28(24)32(38)41-29(21-12-6-3-7-13-21)22-14-8-4-9-15-22/h3-17,25,27,29H,2,18-20H2,1H3,(H,33,35)/t25-,27?/m0/s1. The van der Waals surface area contributed by atoms with E-state index in [1.807, 2.05) is 66.7 Å². The second-order valence-electron chi connectivity index (χ2n) is 9.62. The highest BCUT2D eigenvalue weighted by Crippen LogP contribution is 2.39. The van der Waals surface area contributed by atoms with Crippen molar-refractivity contribution in [1.82, 2.24) is 10.2 Å². The molecule has 210 valence electrons. The Morgan fingerprint density at radius 3 is 2.05 bits per heavy atom. The van der Waals surface area contributed by atoms with Gasteiger partial charge in [-0.25, -0.2) is 9.59 Å². The molecule has 9 nitrogen and oxygen atoms in total. The van der Waals surface area contributed by atoms with Crippen molar-refractivity contribution in [2.24, 2.45) is 0 Å². The summed E-state index contributed by atoms with van der Waals surface area (Å²) in [6.45, 7) is 1.51. The number of hydrogen-bond donors (Lipinski definition) is 1. The zero-order chi connectivity index (χ0) is 28.8. The van der Waals surface area contributed by atoms with Gasteiger partial charge in [0, 0.05) is 0 Å². The number of para-hydroxylation sites is 1. The van der Waals surface area contributed by atoms with Gasteiger partial charge in [0.15, 0.2) is 12.7 Å². The van der Waals surface area contributed by atoms with E-state index in [2.05, 4.69) is 5.32 Å². The maximum Gasteiger partial charge on any atom is 0.356 e. The van der Waals surface area contributed by atoms with Gasteiger partial charge in [0.2, 0.25) is 0 Å². The van der Waals surface area contributed by atoms with E-state index >= 15 is 0 Å². The Hall–Kier alpha value is -4.92. The molecule has 1 unspecified atom stereocenters. The number of ether oxygens (including phenoxy) is 3. The number of nitrogens with zero attached hydrogens (tertiary/aromatic N) is 1. The lowest BCUT2D eigenvalue weighted by Crippen LogP contribution is -2.72. The molecule has 2 heterocycles. The Bertz CT molecular complexity index is 1400. The number of benzene rings is 3. The van der Waals surface area contributed by atoms with Gasteiger partial charge in [0.05, 0.1) is 18.2 Å². The molecule has 2 aliphatic rings. The zero-order valence-electron chi connectivity index (χ0n) is 22.5. The second kappa shape index (κ2) is 12.5. The number of fused-ring (bicyclic) bond motifs is 1. The van der Waals surface area contributed by atoms with Crippen molar-refractivity contribution in [3.05, 3.63) is 113 Å². The average Bonchev–Trinajstić information content (AvgIpc) is 3.02. The van der Waals surface area contributed by atoms with Crippen LogP contribution in [-0.4, -0.2) is 54.0 Å². The van der Waals surface area contributed by atoms with Crippen molar-refractivity contribution >= 4 is 23.8 Å². The van der Waals surface area contributed by atoms with Gasteiger partial charge >= 0.3 is 11.9 Å². The van der Waals surface area contributed by atoms with Crippen LogP contribution in [0.15, 0.2) is 102 Å². The number of esters is 2. The summed E-state index contributed by atoms with van der Waals surface area (Å²) >= 11 is 0. The summed E-state index contributed by atoms with van der Waals surface area (Å²) < 4.78 is 16.7. The normalized spacial score (nSPS) is 17.8. The zero-order valence-corrected chi connectivity index (χ0v) is 22.5. The molecule has 41 heavy (non-hydrogen) atoms. The number of amides is 2. The first-order chi connectivity index (χ1) is 20.0. The topological polar surface area (TPSA) is 111 Å². The molecule has 2 amide bonds. The monoisotopic (exact) mass is 554 g/mol. The fourth-order valence-electron chi connectivity index (χ4n) is 5.10. The molecule has 3 aromatic carbocycles. The fraction of sp³-hybridized carbons (Fsp3) is 0.250. The van der Waals surface area contributed by atoms with Crippen LogP contribution in [0.5, 0.6) is 5.75 Å². The number of rotatable bonds is 10. The molecule has 3 aromatic rings. The van der Waals surface area contributed by atoms with Crippen LogP contribution in [-0.2, 0) is 28.7 Å². The first-order valence-corrected chi connectivity index (χ1v) is 13.5. The molecule has 0 saturated carbocycles. The summed E-state index contributed by atoms with van der Waals surface area (Å²) in [5, 5.41) is 2.71. The van der Waals surface area contributed by atoms with Gasteiger partial charge in [-0.2, -0.15) is 0 Å². The number of nitrogens with one attached hydrogen (secondary N) is 1. The lowest BCUT2D eigenvalue weighted by molar-refractivity contribution is -0.160. The summed E-state index contributed by atoms with van der Waals surface area (Å²) in [4.78, 5) is 53.9. The summed E-state index contributed by atoms with van der Waals surface area (Å²) in [6.07, 6.45) is -0.225. The van der Waals surface area contributed by atoms with Crippen LogP contribution in [0.2, 0.25) is 0 Å². The van der Waals surface area contributed by atoms with Crippen molar-refractivity contribution < 1.29 is 33.4 Å². The van der Waals surface area contributed by atoms with Crippen molar-refractivity contribution in [2.75, 3.05) is 13.2 Å². The number of carbonyl (C=O) groups excluding carboxylic acids is 4. The van der Waals surface area contributed by atoms with E-state index in [0.717, 1.165) is 11.1 Å². The molecular weight excluding hydrogens is 524 g/mol. The van der Waals surface area contributed by atoms with E-state index in [-0.39, 0.29) is 30.9 Å². The van der Waals surface area contributed by atoms with Gasteiger partial charge in [-0.15, -0.1) is 0 Å². The smallest absolute Gasteiger partial charge is 0.356 e. The fourth-order valence-corrected chi connectivity index (χ4v) is 5.10. The van der Waals surface area contributed by atoms with Crippen LogP contribution in [0.1, 0.15) is 37.0 Å². The molecule has 1 N–H and O–H groups in total. The lowest BCUT2D eigenvalue weighted by atomic mass is 9.83. The highest BCUT2D eigenvalue weighted by Gasteiger charge is 2.54. The van der Waals surface area contributed by atoms with E-state index in [4.69, 9.17) is 14.2 Å². The Labute approximate surface area is 237 Å². The minimum atomic E-state index is -0.854. The van der Waals surface area contributed by atoms with Gasteiger partial charge in [-0.05, 0) is 43.0 Å². The molecule has 0 radical (unpaired) electrons. The summed E-state index contributed by atoms with van der Waals surface area (Å²) in [5.41, 5.74) is 1.40. The van der Waals surface area contributed by atoms with Crippen molar-refractivity contribution in [1.29, 1.82) is 0 Å². The molecule has 1 fully saturated rings. The lowest BCUT2D eigenvalue weighted by Gasteiger charge is -2.50. The Morgan fingerprint density at radius 2 is 1.46 bits per heavy atom. The first-order valence-electron chi connectivity index (χ1n) is 13.5. The van der Waals surface area contributed by atoms with E-state index in [1.54, 1.807) is 31.2 Å². The Morgan fingerprint density at radius 1 is 0.878 bits per heavy atom. The third kappa shape index (κ3) is 5.99. The highest BCUT2D eigenvalue weighted by atomic mass is 16.5. The van der Waals surface area contributed by atoms with E-state index in [9.17, 15) is 19.2 Å². The second-order valence-corrected chi connectivity index (χ2v) is 9.62. The van der Waals surface area contributed by atoms with Gasteiger partial charge in [-0.3, -0.25) is 14.5 Å². The Kier molecular flexibility index (Phi) is 8.43. The van der Waals surface area contributed by atoms with Crippen LogP contribution < -0.4 is 10.1 Å². The molecule has 0 bridgehead atoms. The van der Waals surface area contributed by atoms with Crippen molar-refractivity contribution in [3.8, 4) is 5.75 Å². The van der Waals surface area contributed by atoms with Crippen molar-refractivity contribution in [3.63, 3.8) is 0 Å². The molecule has 2 atom stereocenters. The van der Waals surface area contributed by atoms with E-state index in [1.165, 1.54) is 4.90 Å². The third-order valence-electron chi connectivity index (χ3n) is 7.01. The number of carbonyl (C=O) groups is 4. The predicted octanol–water partition coefficient (Wildman–Crippen LogP) is 3.70. The largest absolute Gasteiger partial charge is 0.484 e. The van der Waals surface area contributed by atoms with Gasteiger partial charge in [-0.1, -0.05) is 78.9 Å². The van der Waals surface area contributed by atoms with Crippen LogP contribution in [0.4, 0.5) is 0 Å². The van der Waals surface area contributed by atoms with E-state index in [0.29, 0.717) is 12.2 Å². The minimum Gasteiger partial charge on any atom is -0.484 e. The molecule has 0 aliphatic carbocycles. The summed E-state index contributed by atoms with van der Waals surface area (Å²) in [5.74, 6) is -1.94. The third-order valence-corrected chi connectivity index (χ3v) is 7.01. The van der Waals surface area contributed by atoms with Crippen LogP contribution in [0.3, 0.4) is 0 Å². The maximum absolute atomic E-state index is 13.8. The van der Waals surface area contributed by atoms with Crippen LogP contribution >= 0.6 is 0 Å². The Balaban J connectivity index is 1.37. The highest BCUT2D eigenvalue weighted by molar-refractivity contribution is 6.07. The maximum atomic E-state index is 13.8. The average molecular weight is 555 g/mol. The molecule has 9 heteroatoms. The summed E-state index contributed by atoms with van der Waals surface area (Å²) in [7, 11) is 0. The van der Waals surface area contributed by atoms with E-state index < -0.39 is 41.9 Å². The molecule has 2 aliphatic heterocycles. The number of β-lactam (4-membered cyclic amide) rings is 1. The quantitative estimate of drug-likeness (QED) is 0.301. The van der Waals surface area contributed by atoms with Crippen LogP contribution in [0.25, 0.3) is 0 Å². The SMILES string of the molecule is CCOC(=O)C1=C(C(=O)OC(c2ccccc2)c2ccccc2)N2C(=O)C(NC(=O)COc3ccccc3)[C@@H]2CC1. The predicted molar refractivity (Wildman–Crippen MR) is 148 cm³/mol. The molecular formula is C32H30N2O7. The first kappa shape index (κ1) is 27.6. The van der Waals surface area contributed by atoms with Crippen LogP contribution in [0, 0.1) is 0 Å². The number of hydrogen-bond acceptors (Lipinski definition) is 7. The molecule has 1 saturated heterocycles. The van der Waals surface area contributed by atoms with Gasteiger partial charge in [0.25, 0.3) is 11.8 Å². The molecule has 0 spiro atoms. The van der Waals surface area contributed by atoms with Crippen molar-refractivity contribution in [2.45, 2.75) is 38.0 Å². The molecule has 5 rings (SSSR count). The summed E-state index contributed by atoms with van der Waals surface area (Å²) in [6, 6.07) is 25.9. The molecule has 0 aromatic heterocycles. The van der Waals surface area contributed by atoms with Gasteiger partial charge in [0.1, 0.15) is 17.5 Å².